The zero-order chi connectivity index (χ0) is 17.4. The number of aryl methyl sites for hydroxylation is 1. The van der Waals surface area contributed by atoms with Crippen LogP contribution in [-0.4, -0.2) is 24.6 Å². The average Bonchev–Trinajstić information content (AvgIpc) is 3.06. The topological polar surface area (TPSA) is 41.6 Å². The van der Waals surface area contributed by atoms with Gasteiger partial charge in [0, 0.05) is 19.0 Å². The molecular formula is C20H21ClN2O2. The first-order chi connectivity index (χ1) is 12.1. The first-order valence-corrected chi connectivity index (χ1v) is 9.05. The molecule has 1 N–H and O–H groups in total. The standard InChI is InChI=1S/C20H21ClN2O2/c1-23(18-10-9-13-5-2-3-6-14(13)18)20(24)22-17-11-12-25-19-15(17)7-4-8-16(19)21/h2-8,17-18H,9-12H2,1H3,(H,22,24)/t17-,18-/m1/s1. The van der Waals surface area contributed by atoms with E-state index in [1.54, 1.807) is 0 Å². The highest BCUT2D eigenvalue weighted by atomic mass is 35.5. The summed E-state index contributed by atoms with van der Waals surface area (Å²) in [6.45, 7) is 0.553. The molecule has 2 aliphatic rings. The van der Waals surface area contributed by atoms with E-state index in [-0.39, 0.29) is 18.1 Å². The molecule has 0 saturated heterocycles. The molecule has 2 aromatic rings. The van der Waals surface area contributed by atoms with Gasteiger partial charge in [0.15, 0.2) is 0 Å². The maximum absolute atomic E-state index is 12.8. The number of rotatable bonds is 2. The predicted octanol–water partition coefficient (Wildman–Crippen LogP) is 4.49. The quantitative estimate of drug-likeness (QED) is 0.861. The van der Waals surface area contributed by atoms with E-state index >= 15 is 0 Å². The molecule has 1 aliphatic carbocycles. The van der Waals surface area contributed by atoms with Crippen LogP contribution in [0.2, 0.25) is 5.02 Å². The van der Waals surface area contributed by atoms with Crippen molar-refractivity contribution in [1.82, 2.24) is 10.2 Å². The number of fused-ring (bicyclic) bond motifs is 2. The zero-order valence-electron chi connectivity index (χ0n) is 14.2. The molecule has 2 atom stereocenters. The van der Waals surface area contributed by atoms with Crippen LogP contribution >= 0.6 is 11.6 Å². The molecule has 5 heteroatoms. The lowest BCUT2D eigenvalue weighted by molar-refractivity contribution is 0.179. The molecule has 0 unspecified atom stereocenters. The van der Waals surface area contributed by atoms with Crippen LogP contribution in [-0.2, 0) is 6.42 Å². The van der Waals surface area contributed by atoms with Crippen molar-refractivity contribution in [3.8, 4) is 5.75 Å². The maximum Gasteiger partial charge on any atom is 0.318 e. The van der Waals surface area contributed by atoms with Crippen molar-refractivity contribution in [2.24, 2.45) is 0 Å². The molecule has 1 aliphatic heterocycles. The Morgan fingerprint density at radius 3 is 2.84 bits per heavy atom. The minimum atomic E-state index is -0.0750. The van der Waals surface area contributed by atoms with E-state index in [0.29, 0.717) is 17.4 Å². The number of para-hydroxylation sites is 1. The molecule has 130 valence electrons. The molecule has 0 bridgehead atoms. The molecule has 25 heavy (non-hydrogen) atoms. The second-order valence-electron chi connectivity index (χ2n) is 6.66. The van der Waals surface area contributed by atoms with Gasteiger partial charge in [0.1, 0.15) is 5.75 Å². The molecule has 0 saturated carbocycles. The first-order valence-electron chi connectivity index (χ1n) is 8.67. The fourth-order valence-corrected chi connectivity index (χ4v) is 4.10. The number of benzene rings is 2. The number of nitrogens with one attached hydrogen (secondary N) is 1. The number of carbonyl (C=O) groups excluding carboxylic acids is 1. The van der Waals surface area contributed by atoms with Gasteiger partial charge in [-0.15, -0.1) is 0 Å². The number of urea groups is 1. The van der Waals surface area contributed by atoms with Crippen LogP contribution in [0, 0.1) is 0 Å². The van der Waals surface area contributed by atoms with Crippen LogP contribution < -0.4 is 10.1 Å². The molecule has 2 amide bonds. The van der Waals surface area contributed by atoms with Gasteiger partial charge in [-0.3, -0.25) is 0 Å². The lowest BCUT2D eigenvalue weighted by Crippen LogP contribution is -2.42. The van der Waals surface area contributed by atoms with Crippen LogP contribution in [0.1, 0.15) is 41.6 Å². The Labute approximate surface area is 152 Å². The Morgan fingerprint density at radius 2 is 1.96 bits per heavy atom. The number of hydrogen-bond donors (Lipinski definition) is 1. The lowest BCUT2D eigenvalue weighted by Gasteiger charge is -2.31. The Hall–Kier alpha value is -2.20. The summed E-state index contributed by atoms with van der Waals surface area (Å²) in [5.41, 5.74) is 3.55. The molecule has 0 aromatic heterocycles. The SMILES string of the molecule is CN(C(=O)N[C@@H]1CCOc2c(Cl)cccc21)[C@@H]1CCc2ccccc21. The van der Waals surface area contributed by atoms with E-state index < -0.39 is 0 Å². The highest BCUT2D eigenvalue weighted by Crippen LogP contribution is 2.38. The fourth-order valence-electron chi connectivity index (χ4n) is 3.87. The molecule has 0 spiro atoms. The Kier molecular flexibility index (Phi) is 4.30. The number of amides is 2. The third kappa shape index (κ3) is 2.95. The van der Waals surface area contributed by atoms with E-state index in [2.05, 4.69) is 23.5 Å². The van der Waals surface area contributed by atoms with Gasteiger partial charge in [-0.25, -0.2) is 4.79 Å². The van der Waals surface area contributed by atoms with Gasteiger partial charge < -0.3 is 15.0 Å². The van der Waals surface area contributed by atoms with Crippen molar-refractivity contribution < 1.29 is 9.53 Å². The monoisotopic (exact) mass is 356 g/mol. The van der Waals surface area contributed by atoms with Crippen LogP contribution in [0.4, 0.5) is 4.79 Å². The van der Waals surface area contributed by atoms with Crippen molar-refractivity contribution in [3.63, 3.8) is 0 Å². The largest absolute Gasteiger partial charge is 0.492 e. The molecule has 4 rings (SSSR count). The molecule has 0 fully saturated rings. The summed E-state index contributed by atoms with van der Waals surface area (Å²) in [5, 5.41) is 3.75. The first kappa shape index (κ1) is 16.3. The third-order valence-corrected chi connectivity index (χ3v) is 5.51. The molecule has 0 radical (unpaired) electrons. The summed E-state index contributed by atoms with van der Waals surface area (Å²) < 4.78 is 5.68. The molecular weight excluding hydrogens is 336 g/mol. The number of carbonyl (C=O) groups is 1. The van der Waals surface area contributed by atoms with Crippen molar-refractivity contribution in [2.45, 2.75) is 31.3 Å². The van der Waals surface area contributed by atoms with Gasteiger partial charge in [0.25, 0.3) is 0 Å². The summed E-state index contributed by atoms with van der Waals surface area (Å²) in [7, 11) is 1.88. The Morgan fingerprint density at radius 1 is 1.16 bits per heavy atom. The van der Waals surface area contributed by atoms with Gasteiger partial charge in [-0.2, -0.15) is 0 Å². The maximum atomic E-state index is 12.8. The summed E-state index contributed by atoms with van der Waals surface area (Å²) in [6, 6.07) is 14.1. The van der Waals surface area contributed by atoms with E-state index in [1.165, 1.54) is 11.1 Å². The third-order valence-electron chi connectivity index (χ3n) is 5.21. The fraction of sp³-hybridized carbons (Fsp3) is 0.350. The predicted molar refractivity (Wildman–Crippen MR) is 98.1 cm³/mol. The second kappa shape index (κ2) is 6.60. The Balaban J connectivity index is 1.51. The number of hydrogen-bond acceptors (Lipinski definition) is 2. The second-order valence-corrected chi connectivity index (χ2v) is 7.07. The number of halogens is 1. The summed E-state index contributed by atoms with van der Waals surface area (Å²) >= 11 is 6.22. The van der Waals surface area contributed by atoms with Gasteiger partial charge >= 0.3 is 6.03 Å². The molecule has 1 heterocycles. The van der Waals surface area contributed by atoms with E-state index in [9.17, 15) is 4.79 Å². The zero-order valence-corrected chi connectivity index (χ0v) is 14.9. The van der Waals surface area contributed by atoms with E-state index in [4.69, 9.17) is 16.3 Å². The smallest absolute Gasteiger partial charge is 0.318 e. The van der Waals surface area contributed by atoms with Gasteiger partial charge in [-0.1, -0.05) is 48.0 Å². The van der Waals surface area contributed by atoms with Gasteiger partial charge in [-0.05, 0) is 30.0 Å². The minimum Gasteiger partial charge on any atom is -0.492 e. The van der Waals surface area contributed by atoms with Gasteiger partial charge in [0.2, 0.25) is 0 Å². The highest BCUT2D eigenvalue weighted by Gasteiger charge is 2.31. The van der Waals surface area contributed by atoms with Crippen molar-refractivity contribution in [2.75, 3.05) is 13.7 Å². The van der Waals surface area contributed by atoms with E-state index in [0.717, 1.165) is 24.8 Å². The summed E-state index contributed by atoms with van der Waals surface area (Å²) in [6.07, 6.45) is 2.74. The number of ether oxygens (including phenoxy) is 1. The van der Waals surface area contributed by atoms with Crippen molar-refractivity contribution in [3.05, 3.63) is 64.2 Å². The minimum absolute atomic E-state index is 0.0560. The lowest BCUT2D eigenvalue weighted by atomic mass is 10.0. The van der Waals surface area contributed by atoms with Gasteiger partial charge in [0.05, 0.1) is 23.7 Å². The van der Waals surface area contributed by atoms with Crippen LogP contribution in [0.5, 0.6) is 5.75 Å². The van der Waals surface area contributed by atoms with Crippen LogP contribution in [0.15, 0.2) is 42.5 Å². The van der Waals surface area contributed by atoms with Crippen molar-refractivity contribution >= 4 is 17.6 Å². The molecule has 4 nitrogen and oxygen atoms in total. The van der Waals surface area contributed by atoms with Crippen molar-refractivity contribution in [1.29, 1.82) is 0 Å². The normalized spacial score (nSPS) is 21.0. The van der Waals surface area contributed by atoms with Crippen LogP contribution in [0.25, 0.3) is 0 Å². The molecule has 2 aromatic carbocycles. The summed E-state index contributed by atoms with van der Waals surface area (Å²) in [5.74, 6) is 0.689. The Bertz CT molecular complexity index is 808. The number of nitrogens with zero attached hydrogens (tertiary/aromatic N) is 1. The van der Waals surface area contributed by atoms with E-state index in [1.807, 2.05) is 36.2 Å². The van der Waals surface area contributed by atoms with Crippen LogP contribution in [0.3, 0.4) is 0 Å². The average molecular weight is 357 g/mol. The summed E-state index contributed by atoms with van der Waals surface area (Å²) in [4.78, 5) is 14.7. The highest BCUT2D eigenvalue weighted by molar-refractivity contribution is 6.32.